The summed E-state index contributed by atoms with van der Waals surface area (Å²) in [7, 11) is 0. The molecule has 1 aliphatic heterocycles. The Morgan fingerprint density at radius 2 is 1.34 bits per heavy atom. The second-order valence-corrected chi connectivity index (χ2v) is 8.12. The summed E-state index contributed by atoms with van der Waals surface area (Å²) in [4.78, 5) is 14.3. The number of aliphatic imine (C=N–C) groups is 2. The van der Waals surface area contributed by atoms with Crippen molar-refractivity contribution in [2.75, 3.05) is 0 Å². The molecule has 3 aromatic carbocycles. The van der Waals surface area contributed by atoms with E-state index in [9.17, 15) is 0 Å². The van der Waals surface area contributed by atoms with Gasteiger partial charge in [-0.2, -0.15) is 0 Å². The first-order valence-corrected chi connectivity index (χ1v) is 10.7. The second kappa shape index (κ2) is 8.23. The van der Waals surface area contributed by atoms with Crippen LogP contribution in [0.2, 0.25) is 0 Å². The molecule has 1 aromatic heterocycles. The van der Waals surface area contributed by atoms with E-state index in [2.05, 4.69) is 84.8 Å². The van der Waals surface area contributed by atoms with E-state index in [4.69, 9.17) is 9.98 Å². The van der Waals surface area contributed by atoms with Crippen LogP contribution >= 0.6 is 0 Å². The minimum absolute atomic E-state index is 0.757. The van der Waals surface area contributed by atoms with Gasteiger partial charge in [-0.05, 0) is 37.1 Å². The maximum atomic E-state index is 5.04. The fraction of sp³-hybridized carbons (Fsp3) is 0.107. The quantitative estimate of drug-likeness (QED) is 0.462. The lowest BCUT2D eigenvalue weighted by Crippen LogP contribution is -2.40. The van der Waals surface area contributed by atoms with E-state index in [1.54, 1.807) is 6.20 Å². The van der Waals surface area contributed by atoms with Gasteiger partial charge >= 0.3 is 0 Å². The smallest absolute Gasteiger partial charge is 0.177 e. The molecule has 0 spiro atoms. The second-order valence-electron chi connectivity index (χ2n) is 8.12. The van der Waals surface area contributed by atoms with Crippen molar-refractivity contribution in [3.8, 4) is 11.1 Å². The van der Waals surface area contributed by atoms with E-state index in [1.165, 1.54) is 16.7 Å². The van der Waals surface area contributed by atoms with Gasteiger partial charge in [0.2, 0.25) is 0 Å². The maximum absolute atomic E-state index is 5.04. The fourth-order valence-electron chi connectivity index (χ4n) is 3.93. The molecule has 1 N–H and O–H groups in total. The lowest BCUT2D eigenvalue weighted by Gasteiger charge is -2.30. The molecule has 0 fully saturated rings. The van der Waals surface area contributed by atoms with Crippen LogP contribution in [-0.4, -0.2) is 16.7 Å². The number of amidine groups is 2. The van der Waals surface area contributed by atoms with Gasteiger partial charge in [0.25, 0.3) is 0 Å². The monoisotopic (exact) mass is 416 g/mol. The Kier molecular flexibility index (Phi) is 5.12. The zero-order chi connectivity index (χ0) is 22.0. The number of benzene rings is 3. The van der Waals surface area contributed by atoms with E-state index in [0.717, 1.165) is 28.4 Å². The van der Waals surface area contributed by atoms with Crippen molar-refractivity contribution < 1.29 is 0 Å². The van der Waals surface area contributed by atoms with Crippen LogP contribution in [0.15, 0.2) is 113 Å². The maximum Gasteiger partial charge on any atom is 0.177 e. The Morgan fingerprint density at radius 1 is 0.656 bits per heavy atom. The molecular weight excluding hydrogens is 392 g/mol. The summed E-state index contributed by atoms with van der Waals surface area (Å²) in [6, 6.07) is 31.2. The van der Waals surface area contributed by atoms with Gasteiger partial charge in [0, 0.05) is 29.1 Å². The van der Waals surface area contributed by atoms with Gasteiger partial charge in [0.15, 0.2) is 5.66 Å². The van der Waals surface area contributed by atoms with Crippen molar-refractivity contribution in [3.63, 3.8) is 0 Å². The Hall–Kier alpha value is -4.05. The van der Waals surface area contributed by atoms with E-state index < -0.39 is 5.66 Å². The normalized spacial score (nSPS) is 17.8. The van der Waals surface area contributed by atoms with Crippen LogP contribution in [0.25, 0.3) is 11.1 Å². The number of pyridine rings is 1. The van der Waals surface area contributed by atoms with Crippen LogP contribution in [-0.2, 0) is 5.66 Å². The highest BCUT2D eigenvalue weighted by Crippen LogP contribution is 2.32. The molecule has 0 radical (unpaired) electrons. The number of hydrogen-bond donors (Lipinski definition) is 1. The third-order valence-electron chi connectivity index (χ3n) is 5.66. The molecule has 156 valence electrons. The Balaban J connectivity index is 1.58. The van der Waals surface area contributed by atoms with E-state index in [0.29, 0.717) is 0 Å². The first-order valence-electron chi connectivity index (χ1n) is 10.7. The zero-order valence-corrected chi connectivity index (χ0v) is 18.2. The van der Waals surface area contributed by atoms with Crippen LogP contribution in [0.3, 0.4) is 0 Å². The minimum Gasteiger partial charge on any atom is -0.324 e. The summed E-state index contributed by atoms with van der Waals surface area (Å²) in [5.74, 6) is 1.56. The summed E-state index contributed by atoms with van der Waals surface area (Å²) >= 11 is 0. The lowest BCUT2D eigenvalue weighted by atomic mass is 9.96. The molecule has 5 rings (SSSR count). The largest absolute Gasteiger partial charge is 0.324 e. The van der Waals surface area contributed by atoms with Crippen molar-refractivity contribution in [3.05, 3.63) is 126 Å². The number of aromatic nitrogens is 1. The predicted octanol–water partition coefficient (Wildman–Crippen LogP) is 5.73. The number of nitrogens with one attached hydrogen (secondary N) is 1. The minimum atomic E-state index is -0.757. The molecule has 0 aliphatic carbocycles. The Labute approximate surface area is 188 Å². The average molecular weight is 417 g/mol. The molecule has 0 amide bonds. The van der Waals surface area contributed by atoms with Gasteiger partial charge < -0.3 is 5.32 Å². The molecule has 32 heavy (non-hydrogen) atoms. The SMILES string of the molecule is Cc1cccc(-c2ccc(C3(C)N=C(c4ccccc4)NC(c4cccnc4)=N3)cc2)c1. The van der Waals surface area contributed by atoms with Gasteiger partial charge in [0.05, 0.1) is 0 Å². The van der Waals surface area contributed by atoms with Crippen molar-refractivity contribution in [1.29, 1.82) is 0 Å². The summed E-state index contributed by atoms with van der Waals surface area (Å²) in [6.07, 6.45) is 3.59. The highest BCUT2D eigenvalue weighted by atomic mass is 15.2. The number of nitrogens with zero attached hydrogens (tertiary/aromatic N) is 3. The van der Waals surface area contributed by atoms with Gasteiger partial charge in [-0.15, -0.1) is 0 Å². The molecule has 0 saturated heterocycles. The standard InChI is InChI=1S/C28H24N4/c1-20-8-6-11-23(18-20)21-13-15-25(16-14-21)28(2)31-26(22-9-4-3-5-10-22)30-27(32-28)24-12-7-17-29-19-24/h3-19H,1-2H3,(H,30,31,32). The third kappa shape index (κ3) is 3.95. The molecule has 1 unspecified atom stereocenters. The number of aryl methyl sites for hydroxylation is 1. The van der Waals surface area contributed by atoms with Crippen molar-refractivity contribution in [2.24, 2.45) is 9.98 Å². The van der Waals surface area contributed by atoms with Crippen molar-refractivity contribution in [2.45, 2.75) is 19.5 Å². The Bertz CT molecular complexity index is 1230. The molecule has 1 atom stereocenters. The zero-order valence-electron chi connectivity index (χ0n) is 18.2. The van der Waals surface area contributed by atoms with Crippen molar-refractivity contribution >= 4 is 11.7 Å². The highest BCUT2D eigenvalue weighted by Gasteiger charge is 2.31. The summed E-state index contributed by atoms with van der Waals surface area (Å²) in [5, 5.41) is 3.41. The molecule has 0 saturated carbocycles. The molecule has 4 heteroatoms. The van der Waals surface area contributed by atoms with E-state index in [1.807, 2.05) is 36.5 Å². The van der Waals surface area contributed by atoms with Crippen LogP contribution in [0.5, 0.6) is 0 Å². The molecule has 1 aliphatic rings. The molecule has 4 aromatic rings. The Morgan fingerprint density at radius 3 is 2.03 bits per heavy atom. The molecule has 4 nitrogen and oxygen atoms in total. The van der Waals surface area contributed by atoms with Crippen LogP contribution < -0.4 is 5.32 Å². The lowest BCUT2D eigenvalue weighted by molar-refractivity contribution is 0.518. The van der Waals surface area contributed by atoms with Crippen molar-refractivity contribution in [1.82, 2.24) is 10.3 Å². The van der Waals surface area contributed by atoms with Gasteiger partial charge in [-0.25, -0.2) is 9.98 Å². The van der Waals surface area contributed by atoms with Crippen LogP contribution in [0.4, 0.5) is 0 Å². The summed E-state index contributed by atoms with van der Waals surface area (Å²) in [5.41, 5.74) is 5.86. The van der Waals surface area contributed by atoms with Gasteiger partial charge in [0.1, 0.15) is 11.7 Å². The van der Waals surface area contributed by atoms with E-state index >= 15 is 0 Å². The number of rotatable bonds is 4. The highest BCUT2D eigenvalue weighted by molar-refractivity contribution is 6.16. The molecule has 0 bridgehead atoms. The topological polar surface area (TPSA) is 49.6 Å². The average Bonchev–Trinajstić information content (AvgIpc) is 2.85. The van der Waals surface area contributed by atoms with Gasteiger partial charge in [-0.1, -0.05) is 84.4 Å². The summed E-state index contributed by atoms with van der Waals surface area (Å²) < 4.78 is 0. The first kappa shape index (κ1) is 19.9. The first-order chi connectivity index (χ1) is 15.6. The summed E-state index contributed by atoms with van der Waals surface area (Å²) in [6.45, 7) is 4.16. The van der Waals surface area contributed by atoms with E-state index in [-0.39, 0.29) is 0 Å². The van der Waals surface area contributed by atoms with Crippen LogP contribution in [0, 0.1) is 6.92 Å². The van der Waals surface area contributed by atoms with Crippen LogP contribution in [0.1, 0.15) is 29.2 Å². The van der Waals surface area contributed by atoms with Gasteiger partial charge in [-0.3, -0.25) is 4.98 Å². The molecular formula is C28H24N4. The molecule has 2 heterocycles. The fourth-order valence-corrected chi connectivity index (χ4v) is 3.93. The third-order valence-corrected chi connectivity index (χ3v) is 5.66. The predicted molar refractivity (Wildman–Crippen MR) is 131 cm³/mol. The number of hydrogen-bond acceptors (Lipinski definition) is 4.